The summed E-state index contributed by atoms with van der Waals surface area (Å²) in [6, 6.07) is 0.399. The summed E-state index contributed by atoms with van der Waals surface area (Å²) in [7, 11) is 0. The molecule has 1 fully saturated rings. The third-order valence-electron chi connectivity index (χ3n) is 2.18. The first kappa shape index (κ1) is 10.3. The van der Waals surface area contributed by atoms with Crippen LogP contribution in [0.1, 0.15) is 20.3 Å². The molecule has 2 amide bonds. The number of carbonyl (C=O) groups excluding carboxylic acids is 1. The van der Waals surface area contributed by atoms with Crippen molar-refractivity contribution in [2.24, 2.45) is 0 Å². The smallest absolute Gasteiger partial charge is 0.317 e. The van der Waals surface area contributed by atoms with Gasteiger partial charge in [0.1, 0.15) is 0 Å². The zero-order valence-corrected chi connectivity index (χ0v) is 8.47. The molecule has 2 N–H and O–H groups in total. The lowest BCUT2D eigenvalue weighted by molar-refractivity contribution is 0.217. The quantitative estimate of drug-likeness (QED) is 0.609. The van der Waals surface area contributed by atoms with E-state index >= 15 is 0 Å². The first-order chi connectivity index (χ1) is 6.24. The summed E-state index contributed by atoms with van der Waals surface area (Å²) in [5.74, 6) is 0. The summed E-state index contributed by atoms with van der Waals surface area (Å²) in [6.07, 6.45) is 1.04. The van der Waals surface area contributed by atoms with Gasteiger partial charge in [0.05, 0.1) is 0 Å². The molecule has 0 spiro atoms. The van der Waals surface area contributed by atoms with Gasteiger partial charge in [-0.3, -0.25) is 0 Å². The highest BCUT2D eigenvalue weighted by Crippen LogP contribution is 2.03. The van der Waals surface area contributed by atoms with Gasteiger partial charge >= 0.3 is 6.03 Å². The summed E-state index contributed by atoms with van der Waals surface area (Å²) in [4.78, 5) is 13.1. The number of hydrogen-bond acceptors (Lipinski definition) is 2. The van der Waals surface area contributed by atoms with Crippen LogP contribution < -0.4 is 10.6 Å². The number of hydrogen-bond donors (Lipinski definition) is 2. The summed E-state index contributed by atoms with van der Waals surface area (Å²) >= 11 is 0. The molecule has 4 nitrogen and oxygen atoms in total. The minimum atomic E-state index is 0.0870. The second-order valence-electron chi connectivity index (χ2n) is 3.50. The molecule has 0 saturated carbocycles. The molecule has 0 aromatic carbocycles. The highest BCUT2D eigenvalue weighted by atomic mass is 16.2. The SMILES string of the molecule is CCNCCCN1CC(C)NC1=O. The van der Waals surface area contributed by atoms with Gasteiger partial charge < -0.3 is 15.5 Å². The lowest BCUT2D eigenvalue weighted by Gasteiger charge is -2.13. The Balaban J connectivity index is 2.11. The van der Waals surface area contributed by atoms with Crippen LogP contribution in [0.15, 0.2) is 0 Å². The lowest BCUT2D eigenvalue weighted by Crippen LogP contribution is -2.30. The average Bonchev–Trinajstić information content (AvgIpc) is 2.39. The number of nitrogens with one attached hydrogen (secondary N) is 2. The van der Waals surface area contributed by atoms with Gasteiger partial charge in [-0.1, -0.05) is 6.92 Å². The molecule has 1 unspecified atom stereocenters. The number of amides is 2. The Hall–Kier alpha value is -0.770. The van der Waals surface area contributed by atoms with Gasteiger partial charge in [0.25, 0.3) is 0 Å². The van der Waals surface area contributed by atoms with Crippen LogP contribution in [-0.2, 0) is 0 Å². The summed E-state index contributed by atoms with van der Waals surface area (Å²) in [6.45, 7) is 7.83. The first-order valence-electron chi connectivity index (χ1n) is 5.00. The van der Waals surface area contributed by atoms with Crippen LogP contribution in [0.4, 0.5) is 4.79 Å². The van der Waals surface area contributed by atoms with Gasteiger partial charge in [-0.25, -0.2) is 4.79 Å². The molecule has 1 saturated heterocycles. The third-order valence-corrected chi connectivity index (χ3v) is 2.18. The third kappa shape index (κ3) is 3.22. The fourth-order valence-electron chi connectivity index (χ4n) is 1.53. The van der Waals surface area contributed by atoms with Gasteiger partial charge in [0.2, 0.25) is 0 Å². The van der Waals surface area contributed by atoms with Gasteiger partial charge in [-0.05, 0) is 26.4 Å². The Morgan fingerprint density at radius 2 is 2.46 bits per heavy atom. The van der Waals surface area contributed by atoms with Crippen molar-refractivity contribution >= 4 is 6.03 Å². The molecule has 1 heterocycles. The molecule has 0 radical (unpaired) electrons. The number of carbonyl (C=O) groups is 1. The monoisotopic (exact) mass is 185 g/mol. The molecule has 1 atom stereocenters. The van der Waals surface area contributed by atoms with Gasteiger partial charge in [-0.15, -0.1) is 0 Å². The predicted octanol–water partition coefficient (Wildman–Crippen LogP) is 0.400. The molecule has 0 bridgehead atoms. The number of nitrogens with zero attached hydrogens (tertiary/aromatic N) is 1. The van der Waals surface area contributed by atoms with Crippen LogP contribution in [0.25, 0.3) is 0 Å². The zero-order chi connectivity index (χ0) is 9.68. The molecule has 0 aromatic rings. The van der Waals surface area contributed by atoms with E-state index < -0.39 is 0 Å². The molecule has 13 heavy (non-hydrogen) atoms. The van der Waals surface area contributed by atoms with Crippen molar-refractivity contribution in [2.75, 3.05) is 26.2 Å². The van der Waals surface area contributed by atoms with Crippen molar-refractivity contribution < 1.29 is 4.79 Å². The van der Waals surface area contributed by atoms with Crippen molar-refractivity contribution in [1.29, 1.82) is 0 Å². The fraction of sp³-hybridized carbons (Fsp3) is 0.889. The second-order valence-corrected chi connectivity index (χ2v) is 3.50. The van der Waals surface area contributed by atoms with E-state index in [1.807, 2.05) is 11.8 Å². The van der Waals surface area contributed by atoms with E-state index in [2.05, 4.69) is 17.6 Å². The summed E-state index contributed by atoms with van der Waals surface area (Å²) < 4.78 is 0. The molecule has 76 valence electrons. The Kier molecular flexibility index (Phi) is 4.02. The highest BCUT2D eigenvalue weighted by molar-refractivity contribution is 5.76. The maximum atomic E-state index is 11.2. The van der Waals surface area contributed by atoms with Crippen LogP contribution in [0.3, 0.4) is 0 Å². The molecule has 0 aromatic heterocycles. The van der Waals surface area contributed by atoms with E-state index in [-0.39, 0.29) is 6.03 Å². The second kappa shape index (κ2) is 5.07. The normalized spacial score (nSPS) is 22.2. The van der Waals surface area contributed by atoms with Crippen LogP contribution in [0.5, 0.6) is 0 Å². The molecule has 4 heteroatoms. The van der Waals surface area contributed by atoms with Crippen molar-refractivity contribution in [3.05, 3.63) is 0 Å². The topological polar surface area (TPSA) is 44.4 Å². The van der Waals surface area contributed by atoms with E-state index in [0.717, 1.165) is 32.6 Å². The first-order valence-corrected chi connectivity index (χ1v) is 5.00. The van der Waals surface area contributed by atoms with Crippen LogP contribution in [-0.4, -0.2) is 43.2 Å². The molecule has 1 rings (SSSR count). The Labute approximate surface area is 79.7 Å². The van der Waals surface area contributed by atoms with E-state index in [1.54, 1.807) is 0 Å². The van der Waals surface area contributed by atoms with Gasteiger partial charge in [-0.2, -0.15) is 0 Å². The molecular weight excluding hydrogens is 166 g/mol. The van der Waals surface area contributed by atoms with Gasteiger partial charge in [0, 0.05) is 19.1 Å². The van der Waals surface area contributed by atoms with E-state index in [1.165, 1.54) is 0 Å². The van der Waals surface area contributed by atoms with Crippen molar-refractivity contribution in [1.82, 2.24) is 15.5 Å². The van der Waals surface area contributed by atoms with Gasteiger partial charge in [0.15, 0.2) is 0 Å². The predicted molar refractivity (Wildman–Crippen MR) is 52.7 cm³/mol. The Morgan fingerprint density at radius 3 is 3.00 bits per heavy atom. The van der Waals surface area contributed by atoms with E-state index in [9.17, 15) is 4.79 Å². The zero-order valence-electron chi connectivity index (χ0n) is 8.47. The largest absolute Gasteiger partial charge is 0.334 e. The maximum absolute atomic E-state index is 11.2. The summed E-state index contributed by atoms with van der Waals surface area (Å²) in [5.41, 5.74) is 0. The van der Waals surface area contributed by atoms with Crippen LogP contribution in [0, 0.1) is 0 Å². The van der Waals surface area contributed by atoms with E-state index in [4.69, 9.17) is 0 Å². The number of rotatable bonds is 5. The highest BCUT2D eigenvalue weighted by Gasteiger charge is 2.24. The Bertz CT molecular complexity index is 172. The maximum Gasteiger partial charge on any atom is 0.317 e. The van der Waals surface area contributed by atoms with Crippen molar-refractivity contribution in [3.63, 3.8) is 0 Å². The van der Waals surface area contributed by atoms with Crippen LogP contribution in [0.2, 0.25) is 0 Å². The molecular formula is C9H19N3O. The molecule has 1 aliphatic heterocycles. The molecule has 0 aliphatic carbocycles. The lowest BCUT2D eigenvalue weighted by atomic mass is 10.3. The number of urea groups is 1. The fourth-order valence-corrected chi connectivity index (χ4v) is 1.53. The summed E-state index contributed by atoms with van der Waals surface area (Å²) in [5, 5.41) is 6.11. The van der Waals surface area contributed by atoms with Crippen molar-refractivity contribution in [3.8, 4) is 0 Å². The van der Waals surface area contributed by atoms with Crippen LogP contribution >= 0.6 is 0 Å². The molecule has 1 aliphatic rings. The minimum Gasteiger partial charge on any atom is -0.334 e. The van der Waals surface area contributed by atoms with Crippen molar-refractivity contribution in [2.45, 2.75) is 26.3 Å². The van der Waals surface area contributed by atoms with E-state index in [0.29, 0.717) is 6.04 Å². The minimum absolute atomic E-state index is 0.0870. The Morgan fingerprint density at radius 1 is 1.69 bits per heavy atom. The average molecular weight is 185 g/mol. The standard InChI is InChI=1S/C9H19N3O/c1-3-10-5-4-6-12-7-8(2)11-9(12)13/h8,10H,3-7H2,1-2H3,(H,11,13).